The van der Waals surface area contributed by atoms with Crippen molar-refractivity contribution in [3.63, 3.8) is 0 Å². The molecule has 0 spiro atoms. The average molecular weight is 449 g/mol. The number of carbonyl (C=O) groups excluding carboxylic acids is 2. The summed E-state index contributed by atoms with van der Waals surface area (Å²) in [6.45, 7) is 1.94. The summed E-state index contributed by atoms with van der Waals surface area (Å²) in [5.41, 5.74) is 2.12. The lowest BCUT2D eigenvalue weighted by Crippen LogP contribution is -2.35. The van der Waals surface area contributed by atoms with E-state index in [2.05, 4.69) is 0 Å². The Morgan fingerprint density at radius 3 is 2.88 bits per heavy atom. The Kier molecular flexibility index (Phi) is 5.53. The zero-order chi connectivity index (χ0) is 22.1. The number of nitrogens with zero attached hydrogens (tertiary/aromatic N) is 4. The van der Waals surface area contributed by atoms with Crippen LogP contribution in [0.4, 0.5) is 5.13 Å². The van der Waals surface area contributed by atoms with E-state index in [1.54, 1.807) is 4.90 Å². The van der Waals surface area contributed by atoms with E-state index in [-0.39, 0.29) is 11.8 Å². The number of furan rings is 1. The fourth-order valence-electron chi connectivity index (χ4n) is 4.08. The number of amides is 2. The third-order valence-electron chi connectivity index (χ3n) is 5.79. The predicted molar refractivity (Wildman–Crippen MR) is 125 cm³/mol. The molecule has 1 fully saturated rings. The minimum atomic E-state index is -0.101. The van der Waals surface area contributed by atoms with E-state index in [0.29, 0.717) is 48.2 Å². The van der Waals surface area contributed by atoms with E-state index in [1.807, 2.05) is 70.6 Å². The first-order valence-corrected chi connectivity index (χ1v) is 11.6. The normalized spacial score (nSPS) is 13.9. The summed E-state index contributed by atoms with van der Waals surface area (Å²) in [5, 5.41) is 3.56. The van der Waals surface area contributed by atoms with Crippen molar-refractivity contribution in [3.8, 4) is 11.5 Å². The van der Waals surface area contributed by atoms with Crippen molar-refractivity contribution in [1.82, 2.24) is 14.5 Å². The zero-order valence-corrected chi connectivity index (χ0v) is 18.7. The van der Waals surface area contributed by atoms with Crippen molar-refractivity contribution in [2.75, 3.05) is 24.5 Å². The zero-order valence-electron chi connectivity index (χ0n) is 17.9. The first-order valence-electron chi connectivity index (χ1n) is 10.8. The molecule has 1 aromatic carbocycles. The van der Waals surface area contributed by atoms with Gasteiger partial charge in [-0.05, 0) is 37.1 Å². The molecule has 7 nitrogen and oxygen atoms in total. The highest BCUT2D eigenvalue weighted by molar-refractivity contribution is 7.14. The van der Waals surface area contributed by atoms with Crippen molar-refractivity contribution in [2.45, 2.75) is 19.3 Å². The molecule has 32 heavy (non-hydrogen) atoms. The number of para-hydroxylation sites is 1. The van der Waals surface area contributed by atoms with Crippen molar-refractivity contribution in [1.29, 1.82) is 0 Å². The van der Waals surface area contributed by atoms with Crippen LogP contribution in [0.3, 0.4) is 0 Å². The molecule has 1 aliphatic rings. The van der Waals surface area contributed by atoms with Crippen molar-refractivity contribution in [2.24, 2.45) is 7.05 Å². The third kappa shape index (κ3) is 3.93. The van der Waals surface area contributed by atoms with Gasteiger partial charge in [0.1, 0.15) is 17.0 Å². The lowest BCUT2D eigenvalue weighted by Gasteiger charge is -2.22. The maximum atomic E-state index is 13.4. The van der Waals surface area contributed by atoms with Crippen LogP contribution >= 0.6 is 11.3 Å². The molecule has 0 atom stereocenters. The third-order valence-corrected chi connectivity index (χ3v) is 6.65. The summed E-state index contributed by atoms with van der Waals surface area (Å²) in [6.07, 6.45) is 4.09. The number of fused-ring (bicyclic) bond motifs is 1. The van der Waals surface area contributed by atoms with Crippen LogP contribution in [0.1, 0.15) is 29.8 Å². The van der Waals surface area contributed by atoms with Crippen molar-refractivity contribution >= 4 is 39.3 Å². The van der Waals surface area contributed by atoms with E-state index in [9.17, 15) is 9.59 Å². The van der Waals surface area contributed by atoms with Crippen molar-refractivity contribution in [3.05, 3.63) is 59.7 Å². The highest BCUT2D eigenvalue weighted by Gasteiger charge is 2.25. The van der Waals surface area contributed by atoms with Crippen molar-refractivity contribution < 1.29 is 14.0 Å². The summed E-state index contributed by atoms with van der Waals surface area (Å²) in [4.78, 5) is 33.7. The van der Waals surface area contributed by atoms with Crippen LogP contribution in [-0.2, 0) is 11.8 Å². The van der Waals surface area contributed by atoms with E-state index in [1.165, 1.54) is 11.3 Å². The van der Waals surface area contributed by atoms with Gasteiger partial charge in [0.2, 0.25) is 5.91 Å². The van der Waals surface area contributed by atoms with Gasteiger partial charge in [0.05, 0.1) is 0 Å². The predicted octanol–water partition coefficient (Wildman–Crippen LogP) is 4.55. The van der Waals surface area contributed by atoms with Crippen LogP contribution < -0.4 is 4.90 Å². The molecule has 164 valence electrons. The van der Waals surface area contributed by atoms with Crippen LogP contribution in [0.25, 0.3) is 22.4 Å². The molecule has 4 aromatic rings. The van der Waals surface area contributed by atoms with E-state index in [0.717, 1.165) is 23.9 Å². The summed E-state index contributed by atoms with van der Waals surface area (Å²) >= 11 is 1.42. The number of carbonyl (C=O) groups is 2. The van der Waals surface area contributed by atoms with Crippen LogP contribution in [-0.4, -0.2) is 45.9 Å². The molecule has 0 saturated carbocycles. The Balaban J connectivity index is 1.40. The van der Waals surface area contributed by atoms with E-state index < -0.39 is 0 Å². The largest absolute Gasteiger partial charge is 0.454 e. The van der Waals surface area contributed by atoms with Crippen LogP contribution in [0.15, 0.2) is 58.5 Å². The fourth-order valence-corrected chi connectivity index (χ4v) is 4.91. The van der Waals surface area contributed by atoms with E-state index in [4.69, 9.17) is 9.40 Å². The van der Waals surface area contributed by atoms with Crippen LogP contribution in [0, 0.1) is 0 Å². The van der Waals surface area contributed by atoms with E-state index >= 15 is 0 Å². The number of rotatable bonds is 7. The molecular formula is C24H24N4O3S. The Morgan fingerprint density at radius 1 is 1.25 bits per heavy atom. The van der Waals surface area contributed by atoms with Crippen LogP contribution in [0.5, 0.6) is 0 Å². The number of hydrogen-bond acceptors (Lipinski definition) is 5. The number of hydrogen-bond donors (Lipinski definition) is 0. The highest BCUT2D eigenvalue weighted by atomic mass is 32.1. The lowest BCUT2D eigenvalue weighted by atomic mass is 10.2. The monoisotopic (exact) mass is 448 g/mol. The summed E-state index contributed by atoms with van der Waals surface area (Å²) in [6, 6.07) is 13.5. The Labute approximate surface area is 189 Å². The standard InChI is InChI=1S/C24H24N4O3S/c1-26-11-4-8-19(26)23(30)28(14-6-13-27-12-5-10-22(27)29)24-25-18(16-32-24)21-15-17-7-2-3-9-20(17)31-21/h2-4,7-9,11,15-16H,5-6,10,12-14H2,1H3. The second-order valence-corrected chi connectivity index (χ2v) is 8.80. The van der Waals surface area contributed by atoms with Gasteiger partial charge in [-0.1, -0.05) is 18.2 Å². The quantitative estimate of drug-likeness (QED) is 0.416. The maximum Gasteiger partial charge on any atom is 0.276 e. The molecule has 0 unspecified atom stereocenters. The number of benzene rings is 1. The second kappa shape index (κ2) is 8.63. The van der Waals surface area contributed by atoms with Gasteiger partial charge in [0, 0.05) is 50.1 Å². The SMILES string of the molecule is Cn1cccc1C(=O)N(CCCN1CCCC1=O)c1nc(-c2cc3ccccc3o2)cs1. The maximum absolute atomic E-state index is 13.4. The summed E-state index contributed by atoms with van der Waals surface area (Å²) in [7, 11) is 1.86. The average Bonchev–Trinajstić information content (AvgIpc) is 3.57. The molecule has 4 heterocycles. The van der Waals surface area contributed by atoms with Gasteiger partial charge in [0.15, 0.2) is 10.9 Å². The fraction of sp³-hybridized carbons (Fsp3) is 0.292. The molecule has 0 radical (unpaired) electrons. The molecule has 8 heteroatoms. The smallest absolute Gasteiger partial charge is 0.276 e. The van der Waals surface area contributed by atoms with Gasteiger partial charge in [-0.2, -0.15) is 0 Å². The van der Waals surface area contributed by atoms with Gasteiger partial charge in [-0.3, -0.25) is 14.5 Å². The molecule has 0 N–H and O–H groups in total. The number of aryl methyl sites for hydroxylation is 1. The molecule has 1 aliphatic heterocycles. The van der Waals surface area contributed by atoms with Gasteiger partial charge in [0.25, 0.3) is 5.91 Å². The molecule has 3 aromatic heterocycles. The Bertz CT molecular complexity index is 1240. The minimum Gasteiger partial charge on any atom is -0.454 e. The lowest BCUT2D eigenvalue weighted by molar-refractivity contribution is -0.127. The summed E-state index contributed by atoms with van der Waals surface area (Å²) in [5.74, 6) is 0.783. The summed E-state index contributed by atoms with van der Waals surface area (Å²) < 4.78 is 7.76. The minimum absolute atomic E-state index is 0.101. The molecule has 0 aliphatic carbocycles. The number of aromatic nitrogens is 2. The van der Waals surface area contributed by atoms with Gasteiger partial charge in [-0.15, -0.1) is 11.3 Å². The van der Waals surface area contributed by atoms with Gasteiger partial charge < -0.3 is 13.9 Å². The molecule has 5 rings (SSSR count). The van der Waals surface area contributed by atoms with Gasteiger partial charge >= 0.3 is 0 Å². The molecule has 1 saturated heterocycles. The Hall–Kier alpha value is -3.39. The van der Waals surface area contributed by atoms with Gasteiger partial charge in [-0.25, -0.2) is 4.98 Å². The number of likely N-dealkylation sites (tertiary alicyclic amines) is 1. The topological polar surface area (TPSA) is 71.6 Å². The molecule has 2 amide bonds. The first kappa shape index (κ1) is 20.5. The molecule has 0 bridgehead atoms. The second-order valence-electron chi connectivity index (χ2n) is 7.96. The number of anilines is 1. The first-order chi connectivity index (χ1) is 15.6. The number of thiazole rings is 1. The Morgan fingerprint density at radius 2 is 2.12 bits per heavy atom. The molecular weight excluding hydrogens is 424 g/mol. The highest BCUT2D eigenvalue weighted by Crippen LogP contribution is 2.32. The van der Waals surface area contributed by atoms with Crippen LogP contribution in [0.2, 0.25) is 0 Å².